The van der Waals surface area contributed by atoms with E-state index in [-0.39, 0.29) is 5.97 Å². The summed E-state index contributed by atoms with van der Waals surface area (Å²) in [4.78, 5) is 17.1. The van der Waals surface area contributed by atoms with Gasteiger partial charge in [0.15, 0.2) is 11.6 Å². The van der Waals surface area contributed by atoms with Gasteiger partial charge in [-0.1, -0.05) is 53.6 Å². The first kappa shape index (κ1) is 21.1. The predicted molar refractivity (Wildman–Crippen MR) is 134 cm³/mol. The van der Waals surface area contributed by atoms with Crippen LogP contribution in [0.25, 0.3) is 5.76 Å². The molecule has 0 atom stereocenters. The van der Waals surface area contributed by atoms with Gasteiger partial charge in [0.1, 0.15) is 0 Å². The van der Waals surface area contributed by atoms with Crippen molar-refractivity contribution in [2.75, 3.05) is 9.80 Å². The molecular formula is C29H28N2O2. The number of fused-ring (bicyclic) bond motifs is 1. The van der Waals surface area contributed by atoms with Crippen LogP contribution in [-0.4, -0.2) is 5.97 Å². The molecule has 3 aromatic rings. The van der Waals surface area contributed by atoms with Crippen molar-refractivity contribution >= 4 is 23.1 Å². The van der Waals surface area contributed by atoms with E-state index in [4.69, 9.17) is 4.74 Å². The van der Waals surface area contributed by atoms with E-state index < -0.39 is 0 Å². The molecule has 0 fully saturated rings. The normalized spacial score (nSPS) is 14.9. The number of rotatable bonds is 2. The van der Waals surface area contributed by atoms with Gasteiger partial charge in [0.05, 0.1) is 16.9 Å². The summed E-state index contributed by atoms with van der Waals surface area (Å²) in [6, 6.07) is 16.4. The van der Waals surface area contributed by atoms with Crippen molar-refractivity contribution in [3.8, 4) is 0 Å². The Morgan fingerprint density at radius 1 is 0.636 bits per heavy atom. The summed E-state index contributed by atoms with van der Waals surface area (Å²) in [6.07, 6.45) is 4.14. The number of nitrogens with zero attached hydrogens (tertiary/aromatic N) is 2. The fraction of sp³-hybridized carbons (Fsp3) is 0.207. The molecule has 166 valence electrons. The van der Waals surface area contributed by atoms with Gasteiger partial charge in [0, 0.05) is 18.0 Å². The largest absolute Gasteiger partial charge is 0.418 e. The van der Waals surface area contributed by atoms with Crippen molar-refractivity contribution in [1.29, 1.82) is 0 Å². The maximum Gasteiger partial charge on any atom is 0.344 e. The molecule has 0 bridgehead atoms. The Kier molecular flexibility index (Phi) is 4.89. The lowest BCUT2D eigenvalue weighted by atomic mass is 10.0. The lowest BCUT2D eigenvalue weighted by molar-refractivity contribution is 0.0714. The molecule has 5 rings (SSSR count). The third-order valence-corrected chi connectivity index (χ3v) is 6.36. The lowest BCUT2D eigenvalue weighted by Crippen LogP contribution is -2.26. The van der Waals surface area contributed by atoms with E-state index in [1.165, 1.54) is 33.4 Å². The van der Waals surface area contributed by atoms with Crippen molar-refractivity contribution in [2.45, 2.75) is 41.5 Å². The molecule has 0 amide bonds. The number of carbonyl (C=O) groups excluding carboxylic acids is 1. The van der Waals surface area contributed by atoms with Crippen LogP contribution in [0.3, 0.4) is 0 Å². The molecule has 0 spiro atoms. The summed E-state index contributed by atoms with van der Waals surface area (Å²) in [5, 5.41) is 0. The molecule has 0 saturated heterocycles. The minimum absolute atomic E-state index is 0.311. The van der Waals surface area contributed by atoms with Gasteiger partial charge < -0.3 is 4.74 Å². The fourth-order valence-electron chi connectivity index (χ4n) is 5.30. The van der Waals surface area contributed by atoms with Crippen LogP contribution in [0.4, 0.5) is 11.4 Å². The number of carbonyl (C=O) groups is 1. The molecule has 2 aliphatic heterocycles. The lowest BCUT2D eigenvalue weighted by Gasteiger charge is -2.30. The van der Waals surface area contributed by atoms with Crippen molar-refractivity contribution in [2.24, 2.45) is 0 Å². The van der Waals surface area contributed by atoms with Crippen molar-refractivity contribution in [3.05, 3.63) is 111 Å². The van der Waals surface area contributed by atoms with Gasteiger partial charge >= 0.3 is 5.97 Å². The van der Waals surface area contributed by atoms with Crippen LogP contribution in [0.1, 0.15) is 49.3 Å². The second-order valence-electron chi connectivity index (χ2n) is 9.12. The standard InChI is InChI=1S/C29H28N2O2/c1-17-13-19(3)25(20(4)14-17)30-11-12-31(26-21(5)15-18(2)16-22(26)6)28(30)27-23-9-7-8-10-24(23)29(32)33-27/h7-16H,1-6H3. The molecule has 2 aliphatic rings. The molecule has 0 aromatic heterocycles. The third kappa shape index (κ3) is 3.34. The van der Waals surface area contributed by atoms with Crippen LogP contribution in [0.5, 0.6) is 0 Å². The zero-order valence-electron chi connectivity index (χ0n) is 20.0. The number of ether oxygens (including phenoxy) is 1. The van der Waals surface area contributed by atoms with Crippen LogP contribution in [0.2, 0.25) is 0 Å². The summed E-state index contributed by atoms with van der Waals surface area (Å²) < 4.78 is 5.94. The molecule has 0 radical (unpaired) electrons. The Morgan fingerprint density at radius 3 is 1.52 bits per heavy atom. The van der Waals surface area contributed by atoms with Crippen LogP contribution in [-0.2, 0) is 4.74 Å². The smallest absolute Gasteiger partial charge is 0.344 e. The maximum atomic E-state index is 12.8. The maximum absolute atomic E-state index is 12.8. The second kappa shape index (κ2) is 7.66. The van der Waals surface area contributed by atoms with E-state index >= 15 is 0 Å². The van der Waals surface area contributed by atoms with E-state index in [9.17, 15) is 4.79 Å². The van der Waals surface area contributed by atoms with E-state index in [1.807, 2.05) is 24.3 Å². The minimum Gasteiger partial charge on any atom is -0.418 e. The van der Waals surface area contributed by atoms with E-state index in [1.54, 1.807) is 0 Å². The summed E-state index contributed by atoms with van der Waals surface area (Å²) in [5.74, 6) is 1.10. The van der Waals surface area contributed by atoms with Gasteiger partial charge in [0.2, 0.25) is 0 Å². The van der Waals surface area contributed by atoms with E-state index in [2.05, 4.69) is 88.0 Å². The number of hydrogen-bond acceptors (Lipinski definition) is 4. The fourth-order valence-corrected chi connectivity index (χ4v) is 5.30. The Morgan fingerprint density at radius 2 is 1.06 bits per heavy atom. The monoisotopic (exact) mass is 436 g/mol. The van der Waals surface area contributed by atoms with Crippen molar-refractivity contribution in [3.63, 3.8) is 0 Å². The van der Waals surface area contributed by atoms with Crippen molar-refractivity contribution < 1.29 is 9.53 Å². The average Bonchev–Trinajstić information content (AvgIpc) is 3.28. The number of hydrogen-bond donors (Lipinski definition) is 0. The first-order chi connectivity index (χ1) is 15.8. The summed E-state index contributed by atoms with van der Waals surface area (Å²) in [7, 11) is 0. The van der Waals surface area contributed by atoms with Gasteiger partial charge in [-0.15, -0.1) is 0 Å². The van der Waals surface area contributed by atoms with E-state index in [0.29, 0.717) is 11.3 Å². The first-order valence-electron chi connectivity index (χ1n) is 11.2. The van der Waals surface area contributed by atoms with Crippen molar-refractivity contribution in [1.82, 2.24) is 0 Å². The SMILES string of the molecule is Cc1cc(C)c(N2C=CN(c3c(C)cc(C)cc3C)C2=C2OC(=O)c3ccccc32)c(C)c1. The molecule has 4 nitrogen and oxygen atoms in total. The Balaban J connectivity index is 1.79. The Hall–Kier alpha value is -3.79. The van der Waals surface area contributed by atoms with Crippen LogP contribution in [0.15, 0.2) is 66.8 Å². The van der Waals surface area contributed by atoms with Gasteiger partial charge in [-0.3, -0.25) is 9.80 Å². The first-order valence-corrected chi connectivity index (χ1v) is 11.2. The summed E-state index contributed by atoms with van der Waals surface area (Å²) in [6.45, 7) is 12.7. The van der Waals surface area contributed by atoms with Gasteiger partial charge in [-0.25, -0.2) is 4.79 Å². The molecule has 0 N–H and O–H groups in total. The quantitative estimate of drug-likeness (QED) is 0.412. The van der Waals surface area contributed by atoms with Crippen LogP contribution in [0, 0.1) is 41.5 Å². The number of aryl methyl sites for hydroxylation is 6. The number of benzene rings is 3. The Labute approximate surface area is 195 Å². The zero-order valence-corrected chi connectivity index (χ0v) is 20.0. The Bertz CT molecular complexity index is 1260. The molecule has 0 aliphatic carbocycles. The number of cyclic esters (lactones) is 1. The molecular weight excluding hydrogens is 408 g/mol. The summed E-state index contributed by atoms with van der Waals surface area (Å²) in [5.41, 5.74) is 10.8. The van der Waals surface area contributed by atoms with Crippen LogP contribution >= 0.6 is 0 Å². The van der Waals surface area contributed by atoms with Gasteiger partial charge in [-0.2, -0.15) is 0 Å². The predicted octanol–water partition coefficient (Wildman–Crippen LogP) is 6.83. The highest BCUT2D eigenvalue weighted by molar-refractivity contribution is 6.04. The van der Waals surface area contributed by atoms with Gasteiger partial charge in [-0.05, 0) is 69.9 Å². The highest BCUT2D eigenvalue weighted by atomic mass is 16.5. The second-order valence-corrected chi connectivity index (χ2v) is 9.12. The van der Waals surface area contributed by atoms with Crippen LogP contribution < -0.4 is 9.80 Å². The number of anilines is 2. The average molecular weight is 437 g/mol. The topological polar surface area (TPSA) is 32.8 Å². The molecule has 2 heterocycles. The highest BCUT2D eigenvalue weighted by Gasteiger charge is 2.37. The molecule has 0 unspecified atom stereocenters. The molecule has 0 saturated carbocycles. The molecule has 3 aromatic carbocycles. The third-order valence-electron chi connectivity index (χ3n) is 6.36. The minimum atomic E-state index is -0.311. The van der Waals surface area contributed by atoms with E-state index in [0.717, 1.165) is 22.8 Å². The van der Waals surface area contributed by atoms with Gasteiger partial charge in [0.25, 0.3) is 0 Å². The molecule has 33 heavy (non-hydrogen) atoms. The summed E-state index contributed by atoms with van der Waals surface area (Å²) >= 11 is 0. The zero-order chi connectivity index (χ0) is 23.4. The highest BCUT2D eigenvalue weighted by Crippen LogP contribution is 2.44. The molecule has 4 heteroatoms. The number of esters is 1.